The highest BCUT2D eigenvalue weighted by atomic mass is 16.4. The van der Waals surface area contributed by atoms with Gasteiger partial charge in [0.15, 0.2) is 5.78 Å². The number of allylic oxidation sites excluding steroid dienone is 3. The van der Waals surface area contributed by atoms with E-state index in [1.807, 2.05) is 33.8 Å². The number of carbonyl (C=O) groups excluding carboxylic acids is 1. The topological polar surface area (TPSA) is 54.4 Å². The molecule has 0 aromatic rings. The number of hydrogen-bond donors (Lipinski definition) is 1. The van der Waals surface area contributed by atoms with Gasteiger partial charge < -0.3 is 5.11 Å². The molecule has 0 fully saturated rings. The smallest absolute Gasteiger partial charge is 0.327 e. The quantitative estimate of drug-likeness (QED) is 0.750. The molecule has 3 heteroatoms. The van der Waals surface area contributed by atoms with Gasteiger partial charge in [-0.25, -0.2) is 4.79 Å². The molecule has 1 aliphatic rings. The number of carbonyl (C=O) groups is 2. The van der Waals surface area contributed by atoms with Gasteiger partial charge in [0, 0.05) is 12.0 Å². The van der Waals surface area contributed by atoms with Crippen LogP contribution in [0.25, 0.3) is 0 Å². The summed E-state index contributed by atoms with van der Waals surface area (Å²) in [5.41, 5.74) is 0.665. The highest BCUT2D eigenvalue weighted by Gasteiger charge is 2.35. The Kier molecular flexibility index (Phi) is 3.91. The molecule has 0 saturated carbocycles. The van der Waals surface area contributed by atoms with E-state index in [-0.39, 0.29) is 23.0 Å². The molecule has 2 unspecified atom stereocenters. The van der Waals surface area contributed by atoms with Gasteiger partial charge in [-0.2, -0.15) is 0 Å². The highest BCUT2D eigenvalue weighted by Crippen LogP contribution is 2.37. The van der Waals surface area contributed by atoms with Crippen molar-refractivity contribution in [2.45, 2.75) is 34.1 Å². The van der Waals surface area contributed by atoms with Crippen LogP contribution in [0.2, 0.25) is 0 Å². The molecule has 0 amide bonds. The van der Waals surface area contributed by atoms with Crippen LogP contribution in [0.15, 0.2) is 23.8 Å². The first-order valence-electron chi connectivity index (χ1n) is 5.85. The lowest BCUT2D eigenvalue weighted by atomic mass is 9.69. The Morgan fingerprint density at radius 3 is 2.53 bits per heavy atom. The fraction of sp³-hybridized carbons (Fsp3) is 0.571. The molecule has 0 saturated heterocycles. The van der Waals surface area contributed by atoms with Crippen LogP contribution in [0.1, 0.15) is 34.1 Å². The molecular formula is C14H20O3. The lowest BCUT2D eigenvalue weighted by Crippen LogP contribution is -2.33. The molecule has 0 radical (unpaired) electrons. The number of rotatable bonds is 2. The predicted molar refractivity (Wildman–Crippen MR) is 66.6 cm³/mol. The number of ketones is 1. The molecule has 1 rings (SSSR count). The number of Topliss-reactive ketones (excluding diaryl/α,β-unsaturated/α-hetero) is 1. The normalized spacial score (nSPS) is 26.1. The molecule has 0 aromatic heterocycles. The third kappa shape index (κ3) is 3.55. The van der Waals surface area contributed by atoms with Crippen LogP contribution in [0.5, 0.6) is 0 Å². The van der Waals surface area contributed by atoms with E-state index < -0.39 is 5.97 Å². The van der Waals surface area contributed by atoms with Crippen molar-refractivity contribution in [3.63, 3.8) is 0 Å². The van der Waals surface area contributed by atoms with E-state index in [0.29, 0.717) is 6.42 Å². The van der Waals surface area contributed by atoms with Crippen molar-refractivity contribution in [2.75, 3.05) is 0 Å². The Labute approximate surface area is 102 Å². The van der Waals surface area contributed by atoms with Gasteiger partial charge in [-0.15, -0.1) is 0 Å². The minimum absolute atomic E-state index is 0.0315. The predicted octanol–water partition coefficient (Wildman–Crippen LogP) is 2.82. The Hall–Kier alpha value is -1.38. The van der Waals surface area contributed by atoms with Crippen LogP contribution >= 0.6 is 0 Å². The van der Waals surface area contributed by atoms with Crippen LogP contribution < -0.4 is 0 Å². The average molecular weight is 236 g/mol. The molecule has 0 bridgehead atoms. The summed E-state index contributed by atoms with van der Waals surface area (Å²) in [6.45, 7) is 7.95. The second-order valence-corrected chi connectivity index (χ2v) is 5.73. The SMILES string of the molecule is CC1=CC(C=CC(=O)O)CC(C(C)(C)C)C1=O. The van der Waals surface area contributed by atoms with Gasteiger partial charge in [-0.05, 0) is 30.3 Å². The fourth-order valence-electron chi connectivity index (χ4n) is 2.21. The van der Waals surface area contributed by atoms with E-state index >= 15 is 0 Å². The van der Waals surface area contributed by atoms with Crippen LogP contribution in [-0.4, -0.2) is 16.9 Å². The maximum absolute atomic E-state index is 12.0. The zero-order valence-electron chi connectivity index (χ0n) is 10.9. The Morgan fingerprint density at radius 1 is 1.47 bits per heavy atom. The molecule has 17 heavy (non-hydrogen) atoms. The zero-order chi connectivity index (χ0) is 13.2. The molecule has 2 atom stereocenters. The van der Waals surface area contributed by atoms with Crippen LogP contribution in [0, 0.1) is 17.3 Å². The molecule has 0 spiro atoms. The summed E-state index contributed by atoms with van der Waals surface area (Å²) >= 11 is 0. The van der Waals surface area contributed by atoms with E-state index in [1.165, 1.54) is 0 Å². The minimum Gasteiger partial charge on any atom is -0.478 e. The number of carboxylic acids is 1. The van der Waals surface area contributed by atoms with E-state index in [2.05, 4.69) is 0 Å². The van der Waals surface area contributed by atoms with Crippen LogP contribution in [0.4, 0.5) is 0 Å². The first-order chi connectivity index (χ1) is 7.71. The van der Waals surface area contributed by atoms with E-state index in [4.69, 9.17) is 5.11 Å². The van der Waals surface area contributed by atoms with Crippen LogP contribution in [-0.2, 0) is 9.59 Å². The van der Waals surface area contributed by atoms with Gasteiger partial charge >= 0.3 is 5.97 Å². The minimum atomic E-state index is -0.944. The van der Waals surface area contributed by atoms with Crippen molar-refractivity contribution < 1.29 is 14.7 Å². The highest BCUT2D eigenvalue weighted by molar-refractivity contribution is 5.98. The Morgan fingerprint density at radius 2 is 2.06 bits per heavy atom. The Bertz CT molecular complexity index is 383. The molecule has 0 aliphatic heterocycles. The Balaban J connectivity index is 2.93. The molecule has 1 N–H and O–H groups in total. The van der Waals surface area contributed by atoms with Crippen molar-refractivity contribution in [3.05, 3.63) is 23.8 Å². The first-order valence-corrected chi connectivity index (χ1v) is 5.85. The molecule has 94 valence electrons. The second-order valence-electron chi connectivity index (χ2n) is 5.73. The van der Waals surface area contributed by atoms with Crippen LogP contribution in [0.3, 0.4) is 0 Å². The average Bonchev–Trinajstić information content (AvgIpc) is 2.17. The number of carboxylic acid groups (broad SMARTS) is 1. The largest absolute Gasteiger partial charge is 0.478 e. The van der Waals surface area contributed by atoms with E-state index in [1.54, 1.807) is 6.08 Å². The zero-order valence-corrected chi connectivity index (χ0v) is 10.9. The lowest BCUT2D eigenvalue weighted by Gasteiger charge is -2.34. The molecule has 1 aliphatic carbocycles. The van der Waals surface area contributed by atoms with Crippen molar-refractivity contribution >= 4 is 11.8 Å². The molecule has 0 aromatic carbocycles. The maximum atomic E-state index is 12.0. The van der Waals surface area contributed by atoms with Gasteiger partial charge in [0.05, 0.1) is 0 Å². The molecular weight excluding hydrogens is 216 g/mol. The maximum Gasteiger partial charge on any atom is 0.327 e. The van der Waals surface area contributed by atoms with E-state index in [9.17, 15) is 9.59 Å². The monoisotopic (exact) mass is 236 g/mol. The van der Waals surface area contributed by atoms with Gasteiger partial charge in [0.25, 0.3) is 0 Å². The third-order valence-corrected chi connectivity index (χ3v) is 3.21. The first kappa shape index (κ1) is 13.7. The third-order valence-electron chi connectivity index (χ3n) is 3.21. The summed E-state index contributed by atoms with van der Waals surface area (Å²) in [6, 6.07) is 0. The summed E-state index contributed by atoms with van der Waals surface area (Å²) in [7, 11) is 0. The molecule has 0 heterocycles. The van der Waals surface area contributed by atoms with Crippen molar-refractivity contribution in [1.82, 2.24) is 0 Å². The lowest BCUT2D eigenvalue weighted by molar-refractivity contribution is -0.131. The summed E-state index contributed by atoms with van der Waals surface area (Å²) in [5, 5.41) is 8.61. The standard InChI is InChI=1S/C14H20O3/c1-9-7-10(5-6-12(15)16)8-11(13(9)17)14(2,3)4/h5-7,10-11H,8H2,1-4H3,(H,15,16). The second kappa shape index (κ2) is 4.86. The summed E-state index contributed by atoms with van der Waals surface area (Å²) < 4.78 is 0. The fourth-order valence-corrected chi connectivity index (χ4v) is 2.21. The summed E-state index contributed by atoms with van der Waals surface area (Å²) in [5.74, 6) is -0.735. The number of hydrogen-bond acceptors (Lipinski definition) is 2. The van der Waals surface area contributed by atoms with Crippen molar-refractivity contribution in [2.24, 2.45) is 17.3 Å². The van der Waals surface area contributed by atoms with Gasteiger partial charge in [-0.3, -0.25) is 4.79 Å². The molecule has 3 nitrogen and oxygen atoms in total. The van der Waals surface area contributed by atoms with Gasteiger partial charge in [0.1, 0.15) is 0 Å². The van der Waals surface area contributed by atoms with Crippen molar-refractivity contribution in [1.29, 1.82) is 0 Å². The summed E-state index contributed by atoms with van der Waals surface area (Å²) in [4.78, 5) is 22.5. The number of aliphatic carboxylic acids is 1. The van der Waals surface area contributed by atoms with Gasteiger partial charge in [0.2, 0.25) is 0 Å². The summed E-state index contributed by atoms with van der Waals surface area (Å²) in [6.07, 6.45) is 5.38. The van der Waals surface area contributed by atoms with Gasteiger partial charge in [-0.1, -0.05) is 32.9 Å². The van der Waals surface area contributed by atoms with E-state index in [0.717, 1.165) is 11.6 Å². The van der Waals surface area contributed by atoms with Crippen molar-refractivity contribution in [3.8, 4) is 0 Å².